The number of hydrogen-bond donors (Lipinski definition) is 2. The number of aliphatic carboxylic acids is 1. The van der Waals surface area contributed by atoms with Crippen molar-refractivity contribution >= 4 is 57.8 Å². The van der Waals surface area contributed by atoms with Gasteiger partial charge in [0, 0.05) is 12.1 Å². The first-order valence-electron chi connectivity index (χ1n) is 6.76. The second-order valence-electron chi connectivity index (χ2n) is 4.79. The molecule has 0 radical (unpaired) electrons. The van der Waals surface area contributed by atoms with Gasteiger partial charge in [0.05, 0.1) is 9.83 Å². The van der Waals surface area contributed by atoms with E-state index in [2.05, 4.69) is 5.32 Å². The topological polar surface area (TPSA) is 130 Å². The van der Waals surface area contributed by atoms with Crippen LogP contribution < -0.4 is 5.32 Å². The molecule has 2 amide bonds. The van der Waals surface area contributed by atoms with Gasteiger partial charge in [0.2, 0.25) is 5.91 Å². The maximum Gasteiger partial charge on any atom is 0.322 e. The lowest BCUT2D eigenvalue weighted by Crippen LogP contribution is -2.41. The maximum atomic E-state index is 12.3. The minimum absolute atomic E-state index is 0.0696. The molecule has 9 nitrogen and oxygen atoms in total. The average Bonchev–Trinajstić information content (AvgIpc) is 2.81. The summed E-state index contributed by atoms with van der Waals surface area (Å²) in [6, 6.07) is 5.60. The van der Waals surface area contributed by atoms with Crippen LogP contribution in [-0.4, -0.2) is 50.1 Å². The number of nitrogens with one attached hydrogen (secondary N) is 1. The summed E-state index contributed by atoms with van der Waals surface area (Å²) in [4.78, 5) is 45.8. The second kappa shape index (κ2) is 7.85. The highest BCUT2D eigenvalue weighted by molar-refractivity contribution is 8.26. The molecule has 1 aromatic carbocycles. The molecule has 0 aliphatic carbocycles. The van der Waals surface area contributed by atoms with Crippen molar-refractivity contribution in [1.29, 1.82) is 0 Å². The molecule has 0 unspecified atom stereocenters. The monoisotopic (exact) mass is 381 g/mol. The summed E-state index contributed by atoms with van der Waals surface area (Å²) in [6.45, 7) is -0.929. The lowest BCUT2D eigenvalue weighted by molar-refractivity contribution is -0.384. The van der Waals surface area contributed by atoms with Crippen LogP contribution in [0.3, 0.4) is 0 Å². The van der Waals surface area contributed by atoms with Crippen LogP contribution in [0, 0.1) is 10.1 Å². The second-order valence-corrected chi connectivity index (χ2v) is 6.46. The zero-order valence-corrected chi connectivity index (χ0v) is 14.1. The van der Waals surface area contributed by atoms with Crippen molar-refractivity contribution in [3.05, 3.63) is 44.8 Å². The minimum Gasteiger partial charge on any atom is -0.480 e. The Bertz CT molecular complexity index is 790. The Morgan fingerprint density at radius 1 is 1.36 bits per heavy atom. The molecule has 1 fully saturated rings. The van der Waals surface area contributed by atoms with Crippen LogP contribution in [0.15, 0.2) is 29.2 Å². The smallest absolute Gasteiger partial charge is 0.322 e. The van der Waals surface area contributed by atoms with Crippen LogP contribution in [0.5, 0.6) is 0 Å². The Morgan fingerprint density at radius 2 is 2.00 bits per heavy atom. The molecule has 1 heterocycles. The van der Waals surface area contributed by atoms with Crippen molar-refractivity contribution in [1.82, 2.24) is 10.2 Å². The lowest BCUT2D eigenvalue weighted by atomic mass is 10.2. The summed E-state index contributed by atoms with van der Waals surface area (Å²) in [7, 11) is 0. The van der Waals surface area contributed by atoms with Crippen LogP contribution >= 0.6 is 24.0 Å². The fraction of sp³-hybridized carbons (Fsp3) is 0.143. The van der Waals surface area contributed by atoms with E-state index in [-0.39, 0.29) is 21.5 Å². The number of carbonyl (C=O) groups is 3. The first kappa shape index (κ1) is 18.5. The number of thiocarbonyl (C=S) groups is 1. The largest absolute Gasteiger partial charge is 0.480 e. The molecular weight excluding hydrogens is 370 g/mol. The molecule has 2 rings (SSSR count). The lowest BCUT2D eigenvalue weighted by Gasteiger charge is -2.13. The Balaban J connectivity index is 2.08. The van der Waals surface area contributed by atoms with E-state index in [9.17, 15) is 24.5 Å². The summed E-state index contributed by atoms with van der Waals surface area (Å²) in [5, 5.41) is 21.3. The average molecular weight is 381 g/mol. The van der Waals surface area contributed by atoms with Gasteiger partial charge in [-0.15, -0.1) is 0 Å². The van der Waals surface area contributed by atoms with Gasteiger partial charge < -0.3 is 10.4 Å². The normalized spacial score (nSPS) is 15.5. The van der Waals surface area contributed by atoms with Gasteiger partial charge in [0.25, 0.3) is 11.6 Å². The van der Waals surface area contributed by atoms with Crippen molar-refractivity contribution in [2.24, 2.45) is 0 Å². The highest BCUT2D eigenvalue weighted by Crippen LogP contribution is 2.32. The Morgan fingerprint density at radius 3 is 2.56 bits per heavy atom. The number of nitrogens with zero attached hydrogens (tertiary/aromatic N) is 2. The summed E-state index contributed by atoms with van der Waals surface area (Å²) in [5.74, 6) is -2.33. The number of carbonyl (C=O) groups excluding carboxylic acids is 2. The number of amides is 2. The summed E-state index contributed by atoms with van der Waals surface area (Å²) in [5.41, 5.74) is 0.501. The number of hydrogen-bond acceptors (Lipinski definition) is 7. The van der Waals surface area contributed by atoms with Crippen molar-refractivity contribution in [3.8, 4) is 0 Å². The van der Waals surface area contributed by atoms with Crippen LogP contribution in [0.4, 0.5) is 5.69 Å². The zero-order chi connectivity index (χ0) is 18.6. The summed E-state index contributed by atoms with van der Waals surface area (Å²) >= 11 is 6.05. The van der Waals surface area contributed by atoms with Crippen molar-refractivity contribution < 1.29 is 24.4 Å². The first-order chi connectivity index (χ1) is 11.8. The quantitative estimate of drug-likeness (QED) is 0.323. The first-order valence-corrected chi connectivity index (χ1v) is 7.98. The number of nitro benzene ring substituents is 1. The van der Waals surface area contributed by atoms with E-state index in [4.69, 9.17) is 17.3 Å². The number of non-ortho nitro benzene ring substituents is 1. The van der Waals surface area contributed by atoms with E-state index in [1.807, 2.05) is 0 Å². The molecule has 130 valence electrons. The van der Waals surface area contributed by atoms with Crippen molar-refractivity contribution in [2.45, 2.75) is 0 Å². The number of thioether (sulfide) groups is 1. The maximum absolute atomic E-state index is 12.3. The molecule has 1 aromatic rings. The summed E-state index contributed by atoms with van der Waals surface area (Å²) < 4.78 is 0.170. The van der Waals surface area contributed by atoms with E-state index >= 15 is 0 Å². The highest BCUT2D eigenvalue weighted by Gasteiger charge is 2.33. The predicted octanol–water partition coefficient (Wildman–Crippen LogP) is 0.997. The van der Waals surface area contributed by atoms with Gasteiger partial charge in [-0.05, 0) is 23.8 Å². The fourth-order valence-corrected chi connectivity index (χ4v) is 3.11. The van der Waals surface area contributed by atoms with Crippen molar-refractivity contribution in [3.63, 3.8) is 0 Å². The number of carboxylic acids is 1. The van der Waals surface area contributed by atoms with Crippen LogP contribution in [0.1, 0.15) is 5.56 Å². The molecule has 0 spiro atoms. The molecule has 11 heteroatoms. The van der Waals surface area contributed by atoms with Crippen molar-refractivity contribution in [2.75, 3.05) is 13.1 Å². The zero-order valence-electron chi connectivity index (χ0n) is 12.5. The standard InChI is InChI=1S/C14H11N3O6S2/c18-11(15-6-12(19)20)7-16-13(21)10(25-14(16)24)5-8-1-3-9(4-2-8)17(22)23/h1-5H,6-7H2,(H,15,18)(H,19,20)/b10-5-. The molecule has 1 saturated heterocycles. The van der Waals surface area contributed by atoms with E-state index in [0.717, 1.165) is 16.7 Å². The van der Waals surface area contributed by atoms with E-state index in [1.165, 1.54) is 30.3 Å². The van der Waals surface area contributed by atoms with Gasteiger partial charge in [-0.3, -0.25) is 29.4 Å². The summed E-state index contributed by atoms with van der Waals surface area (Å²) in [6.07, 6.45) is 1.51. The third-order valence-corrected chi connectivity index (χ3v) is 4.39. The molecule has 25 heavy (non-hydrogen) atoms. The molecule has 0 bridgehead atoms. The van der Waals surface area contributed by atoms with E-state index < -0.39 is 29.3 Å². The minimum atomic E-state index is -1.20. The third-order valence-electron chi connectivity index (χ3n) is 3.01. The number of carboxylic acid groups (broad SMARTS) is 1. The van der Waals surface area contributed by atoms with Gasteiger partial charge in [0.15, 0.2) is 0 Å². The van der Waals surface area contributed by atoms with Gasteiger partial charge in [0.1, 0.15) is 17.4 Å². The van der Waals surface area contributed by atoms with Gasteiger partial charge in [-0.2, -0.15) is 0 Å². The van der Waals surface area contributed by atoms with Gasteiger partial charge >= 0.3 is 5.97 Å². The van der Waals surface area contributed by atoms with E-state index in [1.54, 1.807) is 0 Å². The van der Waals surface area contributed by atoms with Crippen LogP contribution in [0.25, 0.3) is 6.08 Å². The Kier molecular flexibility index (Phi) is 5.83. The molecule has 1 aliphatic rings. The molecule has 2 N–H and O–H groups in total. The third kappa shape index (κ3) is 4.84. The Hall–Kier alpha value is -2.79. The van der Waals surface area contributed by atoms with Crippen LogP contribution in [-0.2, 0) is 14.4 Å². The SMILES string of the molecule is O=C(O)CNC(=O)CN1C(=O)/C(=C/c2ccc([N+](=O)[O-])cc2)SC1=S. The van der Waals surface area contributed by atoms with Gasteiger partial charge in [-0.1, -0.05) is 24.0 Å². The highest BCUT2D eigenvalue weighted by atomic mass is 32.2. The molecule has 0 aromatic heterocycles. The number of benzene rings is 1. The molecular formula is C14H11N3O6S2. The molecule has 0 saturated carbocycles. The van der Waals surface area contributed by atoms with E-state index in [0.29, 0.717) is 5.56 Å². The number of nitro groups is 1. The molecule has 1 aliphatic heterocycles. The Labute approximate surface area is 150 Å². The van der Waals surface area contributed by atoms with Gasteiger partial charge in [-0.25, -0.2) is 0 Å². The molecule has 0 atom stereocenters. The number of rotatable bonds is 6. The fourth-order valence-electron chi connectivity index (χ4n) is 1.85. The predicted molar refractivity (Wildman–Crippen MR) is 93.6 cm³/mol. The van der Waals surface area contributed by atoms with Crippen LogP contribution in [0.2, 0.25) is 0 Å².